The van der Waals surface area contributed by atoms with E-state index in [1.165, 1.54) is 6.92 Å². The lowest BCUT2D eigenvalue weighted by molar-refractivity contribution is -0.147. The van der Waals surface area contributed by atoms with E-state index in [9.17, 15) is 9.59 Å². The summed E-state index contributed by atoms with van der Waals surface area (Å²) >= 11 is 0. The third kappa shape index (κ3) is 4.55. The van der Waals surface area contributed by atoms with Gasteiger partial charge < -0.3 is 4.74 Å². The number of hydrogen-bond donors (Lipinski definition) is 0. The molecule has 0 aliphatic heterocycles. The van der Waals surface area contributed by atoms with Crippen LogP contribution < -0.4 is 0 Å². The molecule has 0 saturated carbocycles. The maximum absolute atomic E-state index is 12.5. The largest absolute Gasteiger partial charge is 0.438 e. The molecule has 1 unspecified atom stereocenters. The van der Waals surface area contributed by atoms with Crippen molar-refractivity contribution < 1.29 is 14.3 Å². The third-order valence-corrected chi connectivity index (χ3v) is 2.80. The Hall–Kier alpha value is -2.08. The predicted octanol–water partition coefficient (Wildman–Crippen LogP) is 3.38. The van der Waals surface area contributed by atoms with Crippen molar-refractivity contribution in [2.75, 3.05) is 0 Å². The van der Waals surface area contributed by atoms with Gasteiger partial charge in [0.25, 0.3) is 0 Å². The highest BCUT2D eigenvalue weighted by Gasteiger charge is 2.35. The van der Waals surface area contributed by atoms with Crippen LogP contribution in [0.5, 0.6) is 0 Å². The first-order valence-corrected chi connectivity index (χ1v) is 6.79. The summed E-state index contributed by atoms with van der Waals surface area (Å²) in [6.45, 7) is 4.90. The van der Waals surface area contributed by atoms with Crippen LogP contribution in [0.1, 0.15) is 50.4 Å². The van der Waals surface area contributed by atoms with Gasteiger partial charge in [-0.1, -0.05) is 49.6 Å². The molecule has 0 spiro atoms. The number of rotatable bonds is 5. The third-order valence-electron chi connectivity index (χ3n) is 2.80. The van der Waals surface area contributed by atoms with E-state index in [0.29, 0.717) is 12.0 Å². The monoisotopic (exact) mass is 272 g/mol. The van der Waals surface area contributed by atoms with Gasteiger partial charge in [-0.15, -0.1) is 0 Å². The Morgan fingerprint density at radius 1 is 1.25 bits per heavy atom. The molecule has 1 aromatic rings. The first-order valence-electron chi connectivity index (χ1n) is 6.79. The molecule has 0 aliphatic rings. The van der Waals surface area contributed by atoms with Crippen molar-refractivity contribution >= 4 is 11.8 Å². The van der Waals surface area contributed by atoms with E-state index in [-0.39, 0.29) is 5.78 Å². The summed E-state index contributed by atoms with van der Waals surface area (Å²) in [5.74, 6) is 4.95. The molecule has 20 heavy (non-hydrogen) atoms. The maximum atomic E-state index is 12.5. The van der Waals surface area contributed by atoms with E-state index in [4.69, 9.17) is 4.74 Å². The van der Waals surface area contributed by atoms with E-state index in [0.717, 1.165) is 12.8 Å². The molecule has 106 valence electrons. The first kappa shape index (κ1) is 16.0. The number of carbonyl (C=O) groups is 2. The second-order valence-electron chi connectivity index (χ2n) is 4.73. The Morgan fingerprint density at radius 2 is 1.90 bits per heavy atom. The molecule has 0 fully saturated rings. The van der Waals surface area contributed by atoms with Crippen molar-refractivity contribution in [1.82, 2.24) is 0 Å². The summed E-state index contributed by atoms with van der Waals surface area (Å²) in [5, 5.41) is 0. The Labute approximate surface area is 120 Å². The normalized spacial score (nSPS) is 12.8. The van der Waals surface area contributed by atoms with Gasteiger partial charge in [-0.3, -0.25) is 9.59 Å². The van der Waals surface area contributed by atoms with Gasteiger partial charge in [0, 0.05) is 18.9 Å². The summed E-state index contributed by atoms with van der Waals surface area (Å²) in [4.78, 5) is 23.7. The van der Waals surface area contributed by atoms with Crippen LogP contribution in [0.4, 0.5) is 0 Å². The van der Waals surface area contributed by atoms with Crippen LogP contribution in [0.2, 0.25) is 0 Å². The van der Waals surface area contributed by atoms with Gasteiger partial charge in [-0.25, -0.2) is 0 Å². The van der Waals surface area contributed by atoms with Crippen LogP contribution in [0.3, 0.4) is 0 Å². The zero-order valence-corrected chi connectivity index (χ0v) is 12.2. The van der Waals surface area contributed by atoms with E-state index in [1.807, 2.05) is 6.07 Å². The summed E-state index contributed by atoms with van der Waals surface area (Å²) < 4.78 is 5.17. The van der Waals surface area contributed by atoms with Crippen LogP contribution >= 0.6 is 0 Å². The molecule has 0 radical (unpaired) electrons. The van der Waals surface area contributed by atoms with Crippen LogP contribution in [0.15, 0.2) is 30.3 Å². The second-order valence-corrected chi connectivity index (χ2v) is 4.73. The Morgan fingerprint density at radius 3 is 2.45 bits per heavy atom. The second kappa shape index (κ2) is 7.49. The van der Waals surface area contributed by atoms with Crippen molar-refractivity contribution in [2.24, 2.45) is 0 Å². The average Bonchev–Trinajstić information content (AvgIpc) is 2.43. The molecule has 0 heterocycles. The SMILES string of the molecule is CCCCC#CC(C)(OC(C)=O)C(=O)c1ccccc1. The van der Waals surface area contributed by atoms with Crippen LogP contribution in [-0.2, 0) is 9.53 Å². The number of unbranched alkanes of at least 4 members (excludes halogenated alkanes) is 2. The van der Waals surface area contributed by atoms with Gasteiger partial charge in [0.05, 0.1) is 0 Å². The lowest BCUT2D eigenvalue weighted by Gasteiger charge is -2.22. The minimum Gasteiger partial charge on any atom is -0.438 e. The molecule has 1 rings (SSSR count). The minimum absolute atomic E-state index is 0.294. The predicted molar refractivity (Wildman–Crippen MR) is 78.2 cm³/mol. The van der Waals surface area contributed by atoms with Crippen LogP contribution in [0.25, 0.3) is 0 Å². The van der Waals surface area contributed by atoms with Crippen molar-refractivity contribution in [3.63, 3.8) is 0 Å². The highest BCUT2D eigenvalue weighted by molar-refractivity contribution is 6.05. The zero-order chi connectivity index (χ0) is 15.0. The summed E-state index contributed by atoms with van der Waals surface area (Å²) in [6, 6.07) is 8.75. The van der Waals surface area contributed by atoms with Gasteiger partial charge >= 0.3 is 5.97 Å². The molecular weight excluding hydrogens is 252 g/mol. The average molecular weight is 272 g/mol. The van der Waals surface area contributed by atoms with Gasteiger partial charge in [0.2, 0.25) is 11.4 Å². The van der Waals surface area contributed by atoms with E-state index in [2.05, 4.69) is 18.8 Å². The van der Waals surface area contributed by atoms with Crippen LogP contribution in [-0.4, -0.2) is 17.4 Å². The molecule has 0 aliphatic carbocycles. The summed E-state index contributed by atoms with van der Waals surface area (Å²) in [5.41, 5.74) is -0.929. The molecule has 0 saturated heterocycles. The number of benzene rings is 1. The molecule has 0 aromatic heterocycles. The number of ether oxygens (including phenoxy) is 1. The fraction of sp³-hybridized carbons (Fsp3) is 0.412. The molecule has 0 amide bonds. The summed E-state index contributed by atoms with van der Waals surface area (Å²) in [6.07, 6.45) is 2.68. The van der Waals surface area contributed by atoms with Gasteiger partial charge in [-0.2, -0.15) is 0 Å². The quantitative estimate of drug-likeness (QED) is 0.357. The van der Waals surface area contributed by atoms with Crippen LogP contribution in [0, 0.1) is 11.8 Å². The Kier molecular flexibility index (Phi) is 5.99. The lowest BCUT2D eigenvalue weighted by Crippen LogP contribution is -2.38. The molecule has 1 atom stereocenters. The molecule has 3 heteroatoms. The van der Waals surface area contributed by atoms with Crippen molar-refractivity contribution in [3.8, 4) is 11.8 Å². The molecule has 3 nitrogen and oxygen atoms in total. The first-order chi connectivity index (χ1) is 9.49. The molecular formula is C17H20O3. The van der Waals surface area contributed by atoms with Crippen molar-refractivity contribution in [3.05, 3.63) is 35.9 Å². The van der Waals surface area contributed by atoms with Gasteiger partial charge in [0.1, 0.15) is 0 Å². The van der Waals surface area contributed by atoms with Crippen molar-refractivity contribution in [1.29, 1.82) is 0 Å². The summed E-state index contributed by atoms with van der Waals surface area (Å²) in [7, 11) is 0. The molecule has 1 aromatic carbocycles. The van der Waals surface area contributed by atoms with E-state index in [1.54, 1.807) is 31.2 Å². The number of carbonyl (C=O) groups excluding carboxylic acids is 2. The number of ketones is 1. The number of Topliss-reactive ketones (excluding diaryl/α,β-unsaturated/α-hetero) is 1. The highest BCUT2D eigenvalue weighted by atomic mass is 16.6. The topological polar surface area (TPSA) is 43.4 Å². The van der Waals surface area contributed by atoms with E-state index >= 15 is 0 Å². The van der Waals surface area contributed by atoms with Gasteiger partial charge in [-0.05, 0) is 19.3 Å². The minimum atomic E-state index is -1.42. The zero-order valence-electron chi connectivity index (χ0n) is 12.2. The van der Waals surface area contributed by atoms with Crippen molar-refractivity contribution in [2.45, 2.75) is 45.6 Å². The van der Waals surface area contributed by atoms with E-state index < -0.39 is 11.6 Å². The number of esters is 1. The Bertz CT molecular complexity index is 522. The lowest BCUT2D eigenvalue weighted by atomic mass is 9.94. The highest BCUT2D eigenvalue weighted by Crippen LogP contribution is 2.18. The fourth-order valence-electron chi connectivity index (χ4n) is 1.78. The molecule has 0 bridgehead atoms. The fourth-order valence-corrected chi connectivity index (χ4v) is 1.78. The Balaban J connectivity index is 3.00. The maximum Gasteiger partial charge on any atom is 0.304 e. The standard InChI is InChI=1S/C17H20O3/c1-4-5-6-10-13-17(3,20-14(2)18)16(19)15-11-8-7-9-12-15/h7-9,11-12H,4-6H2,1-3H3. The number of hydrogen-bond acceptors (Lipinski definition) is 3. The molecule has 0 N–H and O–H groups in total. The van der Waals surface area contributed by atoms with Gasteiger partial charge in [0.15, 0.2) is 0 Å². The smallest absolute Gasteiger partial charge is 0.304 e.